The predicted molar refractivity (Wildman–Crippen MR) is 128 cm³/mol. The van der Waals surface area contributed by atoms with Crippen molar-refractivity contribution in [1.82, 2.24) is 4.72 Å². The van der Waals surface area contributed by atoms with Gasteiger partial charge in [0.05, 0.1) is 19.4 Å². The van der Waals surface area contributed by atoms with Crippen LogP contribution in [0.25, 0.3) is 0 Å². The lowest BCUT2D eigenvalue weighted by atomic mass is 10.1. The minimum absolute atomic E-state index is 0.0226. The minimum Gasteiger partial charge on any atom is -0.495 e. The highest BCUT2D eigenvalue weighted by Gasteiger charge is 2.29. The summed E-state index contributed by atoms with van der Waals surface area (Å²) < 4.78 is 40.0. The van der Waals surface area contributed by atoms with Crippen molar-refractivity contribution in [2.75, 3.05) is 19.0 Å². The van der Waals surface area contributed by atoms with Gasteiger partial charge in [-0.2, -0.15) is 4.72 Å². The second-order valence-electron chi connectivity index (χ2n) is 7.44. The van der Waals surface area contributed by atoms with Crippen molar-refractivity contribution in [2.24, 2.45) is 0 Å². The van der Waals surface area contributed by atoms with E-state index < -0.39 is 22.0 Å². The molecule has 33 heavy (non-hydrogen) atoms. The zero-order valence-corrected chi connectivity index (χ0v) is 19.7. The van der Waals surface area contributed by atoms with Gasteiger partial charge in [0.15, 0.2) is 0 Å². The van der Waals surface area contributed by atoms with Gasteiger partial charge in [-0.15, -0.1) is 0 Å². The summed E-state index contributed by atoms with van der Waals surface area (Å²) in [5.74, 6) is 0.213. The fraction of sp³-hybridized carbons (Fsp3) is 0.240. The molecule has 3 rings (SSSR count). The van der Waals surface area contributed by atoms with Crippen LogP contribution in [-0.4, -0.2) is 34.1 Å². The number of anilines is 1. The van der Waals surface area contributed by atoms with Gasteiger partial charge in [-0.25, -0.2) is 8.42 Å². The van der Waals surface area contributed by atoms with Crippen LogP contribution in [-0.2, 0) is 21.2 Å². The first-order valence-corrected chi connectivity index (χ1v) is 12.1. The van der Waals surface area contributed by atoms with E-state index in [1.165, 1.54) is 13.2 Å². The Hall–Kier alpha value is -3.36. The van der Waals surface area contributed by atoms with E-state index in [2.05, 4.69) is 10.0 Å². The van der Waals surface area contributed by atoms with Crippen LogP contribution in [0.15, 0.2) is 77.7 Å². The first-order valence-electron chi connectivity index (χ1n) is 10.6. The molecular weight excluding hydrogens is 440 g/mol. The summed E-state index contributed by atoms with van der Waals surface area (Å²) in [5.41, 5.74) is 2.04. The number of hydrogen-bond donors (Lipinski definition) is 2. The van der Waals surface area contributed by atoms with Crippen molar-refractivity contribution in [2.45, 2.75) is 31.2 Å². The largest absolute Gasteiger partial charge is 0.495 e. The number of ether oxygens (including phenoxy) is 2. The number of aryl methyl sites for hydroxylation is 1. The van der Waals surface area contributed by atoms with Crippen LogP contribution < -0.4 is 19.5 Å². The Labute approximate surface area is 194 Å². The second-order valence-corrected chi connectivity index (χ2v) is 9.12. The molecule has 0 aliphatic carbocycles. The Morgan fingerprint density at radius 3 is 2.36 bits per heavy atom. The van der Waals surface area contributed by atoms with Crippen LogP contribution in [0.1, 0.15) is 18.1 Å². The molecule has 0 aromatic heterocycles. The van der Waals surface area contributed by atoms with Crippen LogP contribution >= 0.6 is 0 Å². The molecule has 7 nitrogen and oxygen atoms in total. The maximum Gasteiger partial charge on any atom is 0.245 e. The maximum atomic E-state index is 13.3. The van der Waals surface area contributed by atoms with Gasteiger partial charge in [-0.05, 0) is 55.7 Å². The van der Waals surface area contributed by atoms with Crippen molar-refractivity contribution in [3.63, 3.8) is 0 Å². The smallest absolute Gasteiger partial charge is 0.245 e. The molecule has 0 aliphatic rings. The molecule has 174 valence electrons. The summed E-state index contributed by atoms with van der Waals surface area (Å²) in [6.07, 6.45) is 0.164. The summed E-state index contributed by atoms with van der Waals surface area (Å²) in [4.78, 5) is 13.3. The highest BCUT2D eigenvalue weighted by atomic mass is 32.2. The molecule has 0 fully saturated rings. The molecule has 0 bridgehead atoms. The molecule has 1 atom stereocenters. The Balaban J connectivity index is 1.93. The number of amides is 1. The van der Waals surface area contributed by atoms with Gasteiger partial charge in [0.2, 0.25) is 15.9 Å². The fourth-order valence-electron chi connectivity index (χ4n) is 3.35. The molecule has 3 aromatic rings. The molecule has 8 heteroatoms. The van der Waals surface area contributed by atoms with Crippen LogP contribution in [0.4, 0.5) is 5.69 Å². The van der Waals surface area contributed by atoms with Crippen LogP contribution in [0, 0.1) is 6.92 Å². The van der Waals surface area contributed by atoms with Crippen molar-refractivity contribution in [3.8, 4) is 11.5 Å². The molecule has 0 saturated heterocycles. The molecule has 0 radical (unpaired) electrons. The molecule has 1 amide bonds. The third-order valence-corrected chi connectivity index (χ3v) is 6.44. The standard InChI is InChI=1S/C25H28N2O5S/c1-4-32-22-13-9-8-12-20(22)26-25(28)21(17-19-10-6-5-7-11-19)27-33(29,30)24-16-18(2)14-15-23(24)31-3/h5-16,21,27H,4,17H2,1-3H3,(H,26,28)/t21-/m1/s1. The van der Waals surface area contributed by atoms with E-state index in [-0.39, 0.29) is 17.1 Å². The van der Waals surface area contributed by atoms with Gasteiger partial charge in [-0.3, -0.25) is 4.79 Å². The van der Waals surface area contributed by atoms with Gasteiger partial charge in [0.25, 0.3) is 0 Å². The van der Waals surface area contributed by atoms with Crippen LogP contribution in [0.5, 0.6) is 11.5 Å². The lowest BCUT2D eigenvalue weighted by molar-refractivity contribution is -0.117. The maximum absolute atomic E-state index is 13.3. The number of sulfonamides is 1. The molecule has 0 unspecified atom stereocenters. The number of carbonyl (C=O) groups excluding carboxylic acids is 1. The third kappa shape index (κ3) is 6.34. The molecule has 3 aromatic carbocycles. The zero-order chi connectivity index (χ0) is 23.8. The van der Waals surface area contributed by atoms with E-state index in [4.69, 9.17) is 9.47 Å². The molecule has 2 N–H and O–H groups in total. The normalized spacial score (nSPS) is 12.1. The summed E-state index contributed by atoms with van der Waals surface area (Å²) in [6, 6.07) is 20.0. The molecule has 0 heterocycles. The summed E-state index contributed by atoms with van der Waals surface area (Å²) >= 11 is 0. The van der Waals surface area contributed by atoms with Crippen molar-refractivity contribution in [1.29, 1.82) is 0 Å². The molecule has 0 spiro atoms. The van der Waals surface area contributed by atoms with Crippen LogP contribution in [0.3, 0.4) is 0 Å². The van der Waals surface area contributed by atoms with E-state index in [0.29, 0.717) is 18.0 Å². The number of nitrogens with one attached hydrogen (secondary N) is 2. The van der Waals surface area contributed by atoms with Gasteiger partial charge >= 0.3 is 0 Å². The predicted octanol–water partition coefficient (Wildman–Crippen LogP) is 3.93. The number of carbonyl (C=O) groups is 1. The van der Waals surface area contributed by atoms with Gasteiger partial charge < -0.3 is 14.8 Å². The highest BCUT2D eigenvalue weighted by molar-refractivity contribution is 7.89. The van der Waals surface area contributed by atoms with Gasteiger partial charge in [0.1, 0.15) is 22.4 Å². The Bertz CT molecular complexity index is 1200. The fourth-order valence-corrected chi connectivity index (χ4v) is 4.80. The zero-order valence-electron chi connectivity index (χ0n) is 18.9. The van der Waals surface area contributed by atoms with E-state index in [0.717, 1.165) is 11.1 Å². The number of benzene rings is 3. The summed E-state index contributed by atoms with van der Waals surface area (Å²) in [5, 5.41) is 2.81. The number of para-hydroxylation sites is 2. The third-order valence-electron chi connectivity index (χ3n) is 4.95. The van der Waals surface area contributed by atoms with Crippen molar-refractivity contribution in [3.05, 3.63) is 83.9 Å². The minimum atomic E-state index is -4.07. The Morgan fingerprint density at radius 1 is 0.970 bits per heavy atom. The first-order chi connectivity index (χ1) is 15.8. The molecular formula is C25H28N2O5S. The van der Waals surface area contributed by atoms with E-state index >= 15 is 0 Å². The number of hydrogen-bond acceptors (Lipinski definition) is 5. The first kappa shape index (κ1) is 24.3. The Morgan fingerprint density at radius 2 is 1.67 bits per heavy atom. The topological polar surface area (TPSA) is 93.7 Å². The van der Waals surface area contributed by atoms with E-state index in [1.54, 1.807) is 43.3 Å². The Kier molecular flexibility index (Phi) is 8.08. The highest BCUT2D eigenvalue weighted by Crippen LogP contribution is 2.26. The molecule has 0 aliphatic heterocycles. The SMILES string of the molecule is CCOc1ccccc1NC(=O)[C@@H](Cc1ccccc1)NS(=O)(=O)c1cc(C)ccc1OC. The van der Waals surface area contributed by atoms with Crippen molar-refractivity contribution < 1.29 is 22.7 Å². The van der Waals surface area contributed by atoms with Crippen molar-refractivity contribution >= 4 is 21.6 Å². The lowest BCUT2D eigenvalue weighted by Gasteiger charge is -2.20. The average Bonchev–Trinajstić information content (AvgIpc) is 2.80. The average molecular weight is 469 g/mol. The summed E-state index contributed by atoms with van der Waals surface area (Å²) in [7, 11) is -2.66. The second kappa shape index (κ2) is 11.0. The van der Waals surface area contributed by atoms with Gasteiger partial charge in [0, 0.05) is 0 Å². The van der Waals surface area contributed by atoms with E-state index in [9.17, 15) is 13.2 Å². The number of rotatable bonds is 10. The molecule has 0 saturated carbocycles. The number of methoxy groups -OCH3 is 1. The summed E-state index contributed by atoms with van der Waals surface area (Å²) in [6.45, 7) is 4.07. The lowest BCUT2D eigenvalue weighted by Crippen LogP contribution is -2.45. The van der Waals surface area contributed by atoms with E-state index in [1.807, 2.05) is 37.3 Å². The monoisotopic (exact) mass is 468 g/mol. The van der Waals surface area contributed by atoms with Gasteiger partial charge in [-0.1, -0.05) is 48.5 Å². The quantitative estimate of drug-likeness (QED) is 0.470. The van der Waals surface area contributed by atoms with Crippen LogP contribution in [0.2, 0.25) is 0 Å².